The molecule has 0 bridgehead atoms. The molecule has 0 aliphatic carbocycles. The van der Waals surface area contributed by atoms with E-state index < -0.39 is 0 Å². The summed E-state index contributed by atoms with van der Waals surface area (Å²) in [5, 5.41) is 0. The van der Waals surface area contributed by atoms with Crippen molar-refractivity contribution in [1.82, 2.24) is 20.0 Å². The van der Waals surface area contributed by atoms with Crippen molar-refractivity contribution in [2.75, 3.05) is 0 Å². The molecular formula is C15H23N5. The van der Waals surface area contributed by atoms with Crippen LogP contribution in [0.2, 0.25) is 0 Å². The maximum atomic E-state index is 5.67. The summed E-state index contributed by atoms with van der Waals surface area (Å²) in [6.45, 7) is 3.18. The molecule has 0 radical (unpaired) electrons. The third-order valence-corrected chi connectivity index (χ3v) is 3.41. The highest BCUT2D eigenvalue weighted by molar-refractivity contribution is 5.04. The molecule has 0 amide bonds. The molecule has 5 heteroatoms. The van der Waals surface area contributed by atoms with Crippen LogP contribution in [0.5, 0.6) is 0 Å². The monoisotopic (exact) mass is 273 g/mol. The van der Waals surface area contributed by atoms with Crippen molar-refractivity contribution in [3.8, 4) is 0 Å². The number of hydrazine groups is 1. The van der Waals surface area contributed by atoms with Crippen LogP contribution in [0.15, 0.2) is 36.8 Å². The molecule has 0 aliphatic heterocycles. The Labute approximate surface area is 120 Å². The number of aryl methyl sites for hydroxylation is 2. The summed E-state index contributed by atoms with van der Waals surface area (Å²) in [6, 6.07) is 6.21. The molecule has 0 saturated heterocycles. The Balaban J connectivity index is 1.90. The van der Waals surface area contributed by atoms with Gasteiger partial charge in [0.2, 0.25) is 0 Å². The summed E-state index contributed by atoms with van der Waals surface area (Å²) in [4.78, 5) is 8.77. The normalized spacial score (nSPS) is 12.5. The number of nitrogens with two attached hydrogens (primary N) is 1. The van der Waals surface area contributed by atoms with Crippen LogP contribution in [-0.4, -0.2) is 20.6 Å². The Morgan fingerprint density at radius 3 is 2.90 bits per heavy atom. The van der Waals surface area contributed by atoms with Crippen molar-refractivity contribution in [3.63, 3.8) is 0 Å². The fourth-order valence-corrected chi connectivity index (χ4v) is 2.31. The van der Waals surface area contributed by atoms with Gasteiger partial charge in [-0.15, -0.1) is 0 Å². The number of pyridine rings is 1. The second kappa shape index (κ2) is 7.77. The van der Waals surface area contributed by atoms with Crippen molar-refractivity contribution in [1.29, 1.82) is 0 Å². The van der Waals surface area contributed by atoms with Crippen LogP contribution in [0.4, 0.5) is 0 Å². The van der Waals surface area contributed by atoms with Gasteiger partial charge in [0.25, 0.3) is 0 Å². The number of nitrogens with zero attached hydrogens (tertiary/aromatic N) is 3. The second-order valence-electron chi connectivity index (χ2n) is 4.96. The van der Waals surface area contributed by atoms with E-state index in [0.717, 1.165) is 43.7 Å². The zero-order chi connectivity index (χ0) is 14.2. The lowest BCUT2D eigenvalue weighted by Gasteiger charge is -2.16. The Bertz CT molecular complexity index is 494. The highest BCUT2D eigenvalue weighted by Gasteiger charge is 2.12. The molecule has 0 fully saturated rings. The third-order valence-electron chi connectivity index (χ3n) is 3.41. The molecule has 2 aromatic rings. The van der Waals surface area contributed by atoms with Crippen LogP contribution < -0.4 is 11.3 Å². The average molecular weight is 273 g/mol. The Morgan fingerprint density at radius 2 is 2.20 bits per heavy atom. The first kappa shape index (κ1) is 14.7. The Morgan fingerprint density at radius 1 is 1.30 bits per heavy atom. The predicted octanol–water partition coefficient (Wildman–Crippen LogP) is 1.70. The lowest BCUT2D eigenvalue weighted by molar-refractivity contribution is 0.468. The summed E-state index contributed by atoms with van der Waals surface area (Å²) in [5.74, 6) is 6.76. The van der Waals surface area contributed by atoms with E-state index >= 15 is 0 Å². The van der Waals surface area contributed by atoms with Gasteiger partial charge < -0.3 is 4.57 Å². The number of hydrogen-bond acceptors (Lipinski definition) is 4. The van der Waals surface area contributed by atoms with Crippen molar-refractivity contribution in [2.24, 2.45) is 5.84 Å². The maximum absolute atomic E-state index is 5.67. The van der Waals surface area contributed by atoms with Gasteiger partial charge in [0.05, 0.1) is 0 Å². The minimum Gasteiger partial charge on any atom is -0.335 e. The summed E-state index contributed by atoms with van der Waals surface area (Å²) in [6.07, 6.45) is 9.54. The smallest absolute Gasteiger partial charge is 0.110 e. The van der Waals surface area contributed by atoms with E-state index in [2.05, 4.69) is 26.9 Å². The fourth-order valence-electron chi connectivity index (χ4n) is 2.31. The van der Waals surface area contributed by atoms with E-state index in [1.165, 1.54) is 0 Å². The van der Waals surface area contributed by atoms with Gasteiger partial charge in [0.15, 0.2) is 0 Å². The third kappa shape index (κ3) is 4.15. The fraction of sp³-hybridized carbons (Fsp3) is 0.467. The molecule has 2 heterocycles. The quantitative estimate of drug-likeness (QED) is 0.567. The summed E-state index contributed by atoms with van der Waals surface area (Å²) < 4.78 is 2.20. The molecule has 108 valence electrons. The van der Waals surface area contributed by atoms with E-state index in [-0.39, 0.29) is 6.04 Å². The van der Waals surface area contributed by atoms with Crippen LogP contribution in [0.1, 0.15) is 31.3 Å². The van der Waals surface area contributed by atoms with E-state index in [0.29, 0.717) is 0 Å². The molecule has 0 saturated carbocycles. The largest absolute Gasteiger partial charge is 0.335 e. The predicted molar refractivity (Wildman–Crippen MR) is 79.9 cm³/mol. The van der Waals surface area contributed by atoms with Gasteiger partial charge in [-0.25, -0.2) is 4.98 Å². The number of aromatic nitrogens is 3. The first-order valence-corrected chi connectivity index (χ1v) is 7.19. The molecule has 1 unspecified atom stereocenters. The number of hydrogen-bond donors (Lipinski definition) is 2. The van der Waals surface area contributed by atoms with Crippen LogP contribution in [0, 0.1) is 0 Å². The van der Waals surface area contributed by atoms with Gasteiger partial charge in [-0.1, -0.05) is 13.0 Å². The minimum absolute atomic E-state index is 0.218. The first-order chi connectivity index (χ1) is 9.83. The van der Waals surface area contributed by atoms with Crippen LogP contribution in [0.3, 0.4) is 0 Å². The molecule has 2 aromatic heterocycles. The van der Waals surface area contributed by atoms with Crippen LogP contribution >= 0.6 is 0 Å². The standard InChI is InChI=1S/C15H23N5/c1-2-10-20-11-9-18-15(20)12-14(19-16)7-6-13-5-3-4-8-17-13/h3-5,8-9,11,14,19H,2,6-7,10,12,16H2,1H3. The zero-order valence-electron chi connectivity index (χ0n) is 12.0. The zero-order valence-corrected chi connectivity index (χ0v) is 12.0. The maximum Gasteiger partial charge on any atom is 0.110 e. The van der Waals surface area contributed by atoms with E-state index in [9.17, 15) is 0 Å². The molecule has 5 nitrogen and oxygen atoms in total. The topological polar surface area (TPSA) is 68.8 Å². The highest BCUT2D eigenvalue weighted by Crippen LogP contribution is 2.08. The van der Waals surface area contributed by atoms with Crippen molar-refractivity contribution in [2.45, 2.75) is 45.2 Å². The number of rotatable bonds is 8. The van der Waals surface area contributed by atoms with Gasteiger partial charge in [0, 0.05) is 43.3 Å². The summed E-state index contributed by atoms with van der Waals surface area (Å²) in [5.41, 5.74) is 4.00. The number of imidazole rings is 1. The van der Waals surface area contributed by atoms with Crippen molar-refractivity contribution < 1.29 is 0 Å². The molecule has 0 aromatic carbocycles. The van der Waals surface area contributed by atoms with E-state index in [1.807, 2.05) is 36.8 Å². The average Bonchev–Trinajstić information content (AvgIpc) is 2.92. The van der Waals surface area contributed by atoms with Crippen LogP contribution in [-0.2, 0) is 19.4 Å². The van der Waals surface area contributed by atoms with E-state index in [1.54, 1.807) is 0 Å². The van der Waals surface area contributed by atoms with Gasteiger partial charge in [-0.2, -0.15) is 0 Å². The van der Waals surface area contributed by atoms with Crippen LogP contribution in [0.25, 0.3) is 0 Å². The first-order valence-electron chi connectivity index (χ1n) is 7.19. The minimum atomic E-state index is 0.218. The summed E-state index contributed by atoms with van der Waals surface area (Å²) >= 11 is 0. The van der Waals surface area contributed by atoms with Crippen molar-refractivity contribution >= 4 is 0 Å². The number of nitrogens with one attached hydrogen (secondary N) is 1. The Hall–Kier alpha value is -1.72. The molecule has 0 aliphatic rings. The lowest BCUT2D eigenvalue weighted by atomic mass is 10.1. The molecule has 1 atom stereocenters. The second-order valence-corrected chi connectivity index (χ2v) is 4.96. The lowest BCUT2D eigenvalue weighted by Crippen LogP contribution is -2.37. The van der Waals surface area contributed by atoms with Gasteiger partial charge in [-0.3, -0.25) is 16.3 Å². The molecule has 3 N–H and O–H groups in total. The molecule has 0 spiro atoms. The molecule has 2 rings (SSSR count). The van der Waals surface area contributed by atoms with Gasteiger partial charge in [0.1, 0.15) is 5.82 Å². The summed E-state index contributed by atoms with van der Waals surface area (Å²) in [7, 11) is 0. The highest BCUT2D eigenvalue weighted by atomic mass is 15.2. The van der Waals surface area contributed by atoms with Gasteiger partial charge >= 0.3 is 0 Å². The molecular weight excluding hydrogens is 250 g/mol. The SMILES string of the molecule is CCCn1ccnc1CC(CCc1ccccn1)NN. The molecule has 20 heavy (non-hydrogen) atoms. The van der Waals surface area contributed by atoms with Crippen molar-refractivity contribution in [3.05, 3.63) is 48.3 Å². The van der Waals surface area contributed by atoms with Gasteiger partial charge in [-0.05, 0) is 31.4 Å². The van der Waals surface area contributed by atoms with E-state index in [4.69, 9.17) is 5.84 Å². The Kier molecular flexibility index (Phi) is 5.70.